The Bertz CT molecular complexity index is 581. The second-order valence-electron chi connectivity index (χ2n) is 4.16. The zero-order valence-electron chi connectivity index (χ0n) is 10.3. The van der Waals surface area contributed by atoms with Crippen LogP contribution < -0.4 is 0 Å². The molecule has 0 saturated carbocycles. The Hall–Kier alpha value is -1.76. The molecule has 0 N–H and O–H groups in total. The van der Waals surface area contributed by atoms with E-state index in [2.05, 4.69) is 53.5 Å². The average Bonchev–Trinajstić information content (AvgIpc) is 2.49. The van der Waals surface area contributed by atoms with Gasteiger partial charge >= 0.3 is 20.1 Å². The van der Waals surface area contributed by atoms with Gasteiger partial charge in [-0.1, -0.05) is 54.6 Å². The van der Waals surface area contributed by atoms with E-state index in [0.29, 0.717) is 0 Å². The minimum atomic E-state index is 0. The van der Waals surface area contributed by atoms with Crippen LogP contribution in [0.15, 0.2) is 79.0 Å². The van der Waals surface area contributed by atoms with Crippen LogP contribution in [0.3, 0.4) is 0 Å². The van der Waals surface area contributed by atoms with Crippen molar-refractivity contribution in [1.29, 1.82) is 0 Å². The van der Waals surface area contributed by atoms with Crippen molar-refractivity contribution in [3.8, 4) is 22.4 Å². The summed E-state index contributed by atoms with van der Waals surface area (Å²) in [4.78, 5) is 4.38. The van der Waals surface area contributed by atoms with Crippen LogP contribution >= 0.6 is 0 Å². The molecule has 2 aromatic carbocycles. The van der Waals surface area contributed by atoms with Crippen molar-refractivity contribution in [2.24, 2.45) is 0 Å². The first kappa shape index (κ1) is 13.7. The van der Waals surface area contributed by atoms with Crippen LogP contribution in [0.4, 0.5) is 0 Å². The summed E-state index contributed by atoms with van der Waals surface area (Å²) >= 11 is 0. The summed E-state index contributed by atoms with van der Waals surface area (Å²) in [7, 11) is 0. The summed E-state index contributed by atoms with van der Waals surface area (Å²) in [6.45, 7) is 0. The van der Waals surface area contributed by atoms with Crippen LogP contribution in [-0.4, -0.2) is 4.98 Å². The van der Waals surface area contributed by atoms with Gasteiger partial charge in [0, 0.05) is 11.8 Å². The maximum Gasteiger partial charge on any atom is 3.00 e. The van der Waals surface area contributed by atoms with Crippen molar-refractivity contribution in [3.63, 3.8) is 0 Å². The van der Waals surface area contributed by atoms with Gasteiger partial charge in [0.2, 0.25) is 0 Å². The van der Waals surface area contributed by atoms with Crippen LogP contribution in [-0.2, 0) is 20.1 Å². The Morgan fingerprint density at radius 3 is 2.00 bits per heavy atom. The summed E-state index contributed by atoms with van der Waals surface area (Å²) in [6.07, 6.45) is 1.82. The number of hydrogen-bond acceptors (Lipinski definition) is 1. The fraction of sp³-hybridized carbons (Fsp3) is 0. The monoisotopic (exact) mass is 424 g/mol. The molecule has 0 saturated heterocycles. The molecular weight excluding hydrogens is 410 g/mol. The predicted molar refractivity (Wildman–Crippen MR) is 75.1 cm³/mol. The Balaban J connectivity index is 0.00000133. The zero-order chi connectivity index (χ0) is 12.2. The van der Waals surface area contributed by atoms with E-state index in [1.54, 1.807) is 0 Å². The van der Waals surface area contributed by atoms with Crippen LogP contribution in [0.2, 0.25) is 0 Å². The first-order valence-corrected chi connectivity index (χ1v) is 6.00. The fourth-order valence-corrected chi connectivity index (χ4v) is 2.02. The molecule has 1 heterocycles. The maximum atomic E-state index is 4.38. The van der Waals surface area contributed by atoms with E-state index in [9.17, 15) is 0 Å². The molecule has 19 heavy (non-hydrogen) atoms. The van der Waals surface area contributed by atoms with Gasteiger partial charge in [0.1, 0.15) is 0 Å². The molecule has 0 atom stereocenters. The molecule has 0 aliphatic carbocycles. The van der Waals surface area contributed by atoms with E-state index in [0.717, 1.165) is 11.3 Å². The molecule has 0 aliphatic rings. The molecule has 0 radical (unpaired) electrons. The number of benzene rings is 2. The Morgan fingerprint density at radius 1 is 0.579 bits per heavy atom. The van der Waals surface area contributed by atoms with Crippen LogP contribution in [0.5, 0.6) is 0 Å². The van der Waals surface area contributed by atoms with Crippen LogP contribution in [0.25, 0.3) is 22.4 Å². The first-order valence-electron chi connectivity index (χ1n) is 6.00. The molecule has 0 aliphatic heterocycles. The number of nitrogens with zero attached hydrogens (tertiary/aromatic N) is 1. The van der Waals surface area contributed by atoms with Gasteiger partial charge in [0.05, 0.1) is 5.69 Å². The van der Waals surface area contributed by atoms with Crippen molar-refractivity contribution in [2.45, 2.75) is 0 Å². The minimum absolute atomic E-state index is 0. The Labute approximate surface area is 126 Å². The molecule has 3 aromatic rings. The van der Waals surface area contributed by atoms with E-state index in [4.69, 9.17) is 0 Å². The molecule has 0 unspecified atom stereocenters. The largest absolute Gasteiger partial charge is 3.00 e. The molecule has 0 spiro atoms. The van der Waals surface area contributed by atoms with Gasteiger partial charge < -0.3 is 0 Å². The average molecular weight is 424 g/mol. The molecule has 92 valence electrons. The topological polar surface area (TPSA) is 12.9 Å². The third-order valence-corrected chi connectivity index (χ3v) is 2.93. The van der Waals surface area contributed by atoms with Crippen molar-refractivity contribution in [2.75, 3.05) is 0 Å². The smallest absolute Gasteiger partial charge is 0.256 e. The van der Waals surface area contributed by atoms with Gasteiger partial charge in [-0.3, -0.25) is 4.98 Å². The molecule has 0 fully saturated rings. The maximum absolute atomic E-state index is 4.38. The van der Waals surface area contributed by atoms with Gasteiger partial charge in [0.15, 0.2) is 0 Å². The van der Waals surface area contributed by atoms with E-state index in [1.165, 1.54) is 11.1 Å². The third kappa shape index (κ3) is 3.17. The van der Waals surface area contributed by atoms with Gasteiger partial charge in [-0.2, -0.15) is 0 Å². The molecule has 2 heteroatoms. The van der Waals surface area contributed by atoms with Crippen molar-refractivity contribution in [3.05, 3.63) is 79.0 Å². The standard InChI is InChI=1S/C17H13N.Ir/c1-2-7-14(8-3-1)15-9-6-10-16(13-15)17-11-4-5-12-18-17;/h1-13H;/q;+3. The summed E-state index contributed by atoms with van der Waals surface area (Å²) < 4.78 is 0. The second kappa shape index (κ2) is 6.42. The summed E-state index contributed by atoms with van der Waals surface area (Å²) in [5.74, 6) is 0. The molecular formula is C17H13IrN+3. The minimum Gasteiger partial charge on any atom is -0.256 e. The number of rotatable bonds is 2. The Morgan fingerprint density at radius 2 is 1.26 bits per heavy atom. The van der Waals surface area contributed by atoms with Gasteiger partial charge in [0.25, 0.3) is 0 Å². The van der Waals surface area contributed by atoms with E-state index in [1.807, 2.05) is 30.5 Å². The molecule has 1 aromatic heterocycles. The van der Waals surface area contributed by atoms with Crippen LogP contribution in [0, 0.1) is 0 Å². The molecule has 0 bridgehead atoms. The third-order valence-electron chi connectivity index (χ3n) is 2.93. The van der Waals surface area contributed by atoms with Gasteiger partial charge in [-0.05, 0) is 29.3 Å². The molecule has 1 nitrogen and oxygen atoms in total. The quantitative estimate of drug-likeness (QED) is 0.595. The second-order valence-corrected chi connectivity index (χ2v) is 4.16. The summed E-state index contributed by atoms with van der Waals surface area (Å²) in [6, 6.07) is 24.8. The fourth-order valence-electron chi connectivity index (χ4n) is 2.02. The van der Waals surface area contributed by atoms with E-state index < -0.39 is 0 Å². The van der Waals surface area contributed by atoms with Crippen LogP contribution in [0.1, 0.15) is 0 Å². The van der Waals surface area contributed by atoms with Gasteiger partial charge in [-0.25, -0.2) is 0 Å². The number of hydrogen-bond donors (Lipinski definition) is 0. The molecule has 0 amide bonds. The SMILES string of the molecule is [Ir+3].c1ccc(-c2cccc(-c3ccccn3)c2)cc1. The zero-order valence-corrected chi connectivity index (χ0v) is 12.7. The predicted octanol–water partition coefficient (Wildman–Crippen LogP) is 4.41. The Kier molecular flexibility index (Phi) is 4.62. The van der Waals surface area contributed by atoms with E-state index >= 15 is 0 Å². The van der Waals surface area contributed by atoms with Crippen molar-refractivity contribution in [1.82, 2.24) is 4.98 Å². The summed E-state index contributed by atoms with van der Waals surface area (Å²) in [5.41, 5.74) is 4.61. The van der Waals surface area contributed by atoms with Gasteiger partial charge in [-0.15, -0.1) is 0 Å². The van der Waals surface area contributed by atoms with Crippen molar-refractivity contribution < 1.29 is 20.1 Å². The summed E-state index contributed by atoms with van der Waals surface area (Å²) in [5, 5.41) is 0. The first-order chi connectivity index (χ1) is 8.93. The van der Waals surface area contributed by atoms with E-state index in [-0.39, 0.29) is 20.1 Å². The number of aromatic nitrogens is 1. The normalized spacial score (nSPS) is 9.68. The number of pyridine rings is 1. The molecule has 3 rings (SSSR count). The van der Waals surface area contributed by atoms with Crippen molar-refractivity contribution >= 4 is 0 Å².